The number of thioether (sulfide) groups is 1. The number of pyridine rings is 1. The Morgan fingerprint density at radius 3 is 2.69 bits per heavy atom. The first-order valence-corrected chi connectivity index (χ1v) is 11.3. The number of carbonyl (C=O) groups is 1. The van der Waals surface area contributed by atoms with Gasteiger partial charge in [0.25, 0.3) is 0 Å². The van der Waals surface area contributed by atoms with Crippen LogP contribution in [-0.4, -0.2) is 70.3 Å². The van der Waals surface area contributed by atoms with Gasteiger partial charge in [-0.25, -0.2) is 0 Å². The lowest BCUT2D eigenvalue weighted by Crippen LogP contribution is -2.53. The van der Waals surface area contributed by atoms with Crippen molar-refractivity contribution in [1.82, 2.24) is 20.1 Å². The van der Waals surface area contributed by atoms with Crippen LogP contribution in [0.25, 0.3) is 0 Å². The van der Waals surface area contributed by atoms with Gasteiger partial charge in [0.2, 0.25) is 5.91 Å². The van der Waals surface area contributed by atoms with Crippen molar-refractivity contribution >= 4 is 17.7 Å². The van der Waals surface area contributed by atoms with Gasteiger partial charge in [0.15, 0.2) is 0 Å². The molecule has 4 rings (SSSR count). The summed E-state index contributed by atoms with van der Waals surface area (Å²) in [6, 6.07) is 13.7. The van der Waals surface area contributed by atoms with Crippen LogP contribution in [0.2, 0.25) is 0 Å². The van der Waals surface area contributed by atoms with Gasteiger partial charge in [-0.3, -0.25) is 20.0 Å². The number of benzene rings is 1. The first-order chi connectivity index (χ1) is 14.2. The summed E-state index contributed by atoms with van der Waals surface area (Å²) in [5.74, 6) is 0.995. The minimum atomic E-state index is -0.431. The smallest absolute Gasteiger partial charge is 0.240 e. The fraction of sp³-hybridized carbons (Fsp3) is 0.455. The molecule has 7 heteroatoms. The fourth-order valence-electron chi connectivity index (χ4n) is 3.90. The Labute approximate surface area is 176 Å². The van der Waals surface area contributed by atoms with Gasteiger partial charge in [-0.1, -0.05) is 36.4 Å². The summed E-state index contributed by atoms with van der Waals surface area (Å²) in [5.41, 5.74) is 2.09. The number of nitrogens with zero attached hydrogens (tertiary/aromatic N) is 3. The van der Waals surface area contributed by atoms with Crippen LogP contribution in [0.3, 0.4) is 0 Å². The highest BCUT2D eigenvalue weighted by molar-refractivity contribution is 7.99. The number of carbonyl (C=O) groups excluding carboxylic acids is 1. The molecule has 0 saturated carbocycles. The average Bonchev–Trinajstić information content (AvgIpc) is 3.29. The molecule has 2 aliphatic heterocycles. The van der Waals surface area contributed by atoms with Crippen LogP contribution >= 0.6 is 11.8 Å². The number of hydrogen-bond acceptors (Lipinski definition) is 6. The van der Waals surface area contributed by atoms with Crippen LogP contribution < -0.4 is 5.32 Å². The second kappa shape index (κ2) is 9.71. The van der Waals surface area contributed by atoms with Gasteiger partial charge in [-0.2, -0.15) is 0 Å². The highest BCUT2D eigenvalue weighted by atomic mass is 32.2. The normalized spacial score (nSPS) is 23.8. The molecule has 2 aliphatic rings. The SMILES string of the molecule is O=C([C@@H]1CSC(c2cccnc2)N1)N1CCN(CCC(O)c2ccccc2)CC1. The second-order valence-electron chi connectivity index (χ2n) is 7.60. The molecule has 0 spiro atoms. The van der Waals surface area contributed by atoms with Crippen LogP contribution in [0.4, 0.5) is 0 Å². The quantitative estimate of drug-likeness (QED) is 0.757. The Balaban J connectivity index is 1.21. The molecule has 0 bridgehead atoms. The van der Waals surface area contributed by atoms with Gasteiger partial charge in [-0.05, 0) is 23.6 Å². The van der Waals surface area contributed by atoms with Crippen molar-refractivity contribution in [3.8, 4) is 0 Å². The maximum absolute atomic E-state index is 12.9. The number of aromatic nitrogens is 1. The van der Waals surface area contributed by atoms with E-state index in [1.54, 1.807) is 18.0 Å². The van der Waals surface area contributed by atoms with E-state index in [4.69, 9.17) is 0 Å². The molecule has 1 aromatic heterocycles. The molecule has 2 saturated heterocycles. The van der Waals surface area contributed by atoms with Crippen LogP contribution in [0.5, 0.6) is 0 Å². The number of aliphatic hydroxyl groups is 1. The zero-order valence-electron chi connectivity index (χ0n) is 16.5. The van der Waals surface area contributed by atoms with Crippen LogP contribution in [-0.2, 0) is 4.79 Å². The summed E-state index contributed by atoms with van der Waals surface area (Å²) in [6.07, 6.45) is 3.91. The minimum Gasteiger partial charge on any atom is -0.388 e. The molecule has 29 heavy (non-hydrogen) atoms. The van der Waals surface area contributed by atoms with E-state index in [1.165, 1.54) is 0 Å². The lowest BCUT2D eigenvalue weighted by molar-refractivity contribution is -0.134. The Morgan fingerprint density at radius 2 is 1.97 bits per heavy atom. The summed E-state index contributed by atoms with van der Waals surface area (Å²) < 4.78 is 0. The van der Waals surface area contributed by atoms with E-state index < -0.39 is 6.10 Å². The van der Waals surface area contributed by atoms with E-state index in [-0.39, 0.29) is 17.3 Å². The molecule has 1 aromatic carbocycles. The standard InChI is InChI=1S/C22H28N4O2S/c27-20(17-5-2-1-3-6-17)8-10-25-11-13-26(14-12-25)22(28)19-16-29-21(24-19)18-7-4-9-23-15-18/h1-7,9,15,19-21,24,27H,8,10-14,16H2/t19-,20?,21?/m0/s1. The summed E-state index contributed by atoms with van der Waals surface area (Å²) >= 11 is 1.77. The minimum absolute atomic E-state index is 0.128. The number of aliphatic hydroxyl groups excluding tert-OH is 1. The summed E-state index contributed by atoms with van der Waals surface area (Å²) in [4.78, 5) is 21.4. The van der Waals surface area contributed by atoms with Gasteiger partial charge in [0.1, 0.15) is 0 Å². The first kappa shape index (κ1) is 20.3. The molecule has 2 unspecified atom stereocenters. The van der Waals surface area contributed by atoms with Gasteiger partial charge in [-0.15, -0.1) is 11.8 Å². The van der Waals surface area contributed by atoms with E-state index in [0.717, 1.165) is 49.6 Å². The van der Waals surface area contributed by atoms with Crippen LogP contribution in [0.1, 0.15) is 29.0 Å². The van der Waals surface area contributed by atoms with Gasteiger partial charge in [0.05, 0.1) is 17.5 Å². The fourth-order valence-corrected chi connectivity index (χ4v) is 5.11. The predicted molar refractivity (Wildman–Crippen MR) is 115 cm³/mol. The van der Waals surface area contributed by atoms with E-state index in [9.17, 15) is 9.90 Å². The number of nitrogens with one attached hydrogen (secondary N) is 1. The summed E-state index contributed by atoms with van der Waals surface area (Å²) in [7, 11) is 0. The topological polar surface area (TPSA) is 68.7 Å². The summed E-state index contributed by atoms with van der Waals surface area (Å²) in [5, 5.41) is 13.9. The summed E-state index contributed by atoms with van der Waals surface area (Å²) in [6.45, 7) is 4.07. The molecule has 2 aromatic rings. The van der Waals surface area contributed by atoms with Gasteiger partial charge < -0.3 is 10.0 Å². The number of piperazine rings is 1. The molecule has 0 aliphatic carbocycles. The maximum atomic E-state index is 12.9. The van der Waals surface area contributed by atoms with Gasteiger partial charge in [0, 0.05) is 50.9 Å². The lowest BCUT2D eigenvalue weighted by Gasteiger charge is -2.36. The molecular weight excluding hydrogens is 384 g/mol. The van der Waals surface area contributed by atoms with Crippen molar-refractivity contribution in [1.29, 1.82) is 0 Å². The number of rotatable bonds is 6. The highest BCUT2D eigenvalue weighted by Gasteiger charge is 2.34. The van der Waals surface area contributed by atoms with Crippen molar-refractivity contribution in [2.45, 2.75) is 23.9 Å². The monoisotopic (exact) mass is 412 g/mol. The van der Waals surface area contributed by atoms with Crippen molar-refractivity contribution < 1.29 is 9.90 Å². The van der Waals surface area contributed by atoms with E-state index in [1.807, 2.05) is 53.6 Å². The Kier molecular flexibility index (Phi) is 6.82. The number of hydrogen-bond donors (Lipinski definition) is 2. The van der Waals surface area contributed by atoms with Gasteiger partial charge >= 0.3 is 0 Å². The molecule has 2 fully saturated rings. The second-order valence-corrected chi connectivity index (χ2v) is 8.74. The third-order valence-electron chi connectivity index (χ3n) is 5.65. The maximum Gasteiger partial charge on any atom is 0.240 e. The predicted octanol–water partition coefficient (Wildman–Crippen LogP) is 2.05. The Hall–Kier alpha value is -1.93. The van der Waals surface area contributed by atoms with E-state index >= 15 is 0 Å². The highest BCUT2D eigenvalue weighted by Crippen LogP contribution is 2.32. The van der Waals surface area contributed by atoms with Crippen molar-refractivity contribution in [3.05, 3.63) is 66.0 Å². The molecule has 3 atom stereocenters. The van der Waals surface area contributed by atoms with E-state index in [0.29, 0.717) is 6.42 Å². The Bertz CT molecular complexity index is 784. The third-order valence-corrected chi connectivity index (χ3v) is 6.92. The average molecular weight is 413 g/mol. The molecular formula is C22H28N4O2S. The first-order valence-electron chi connectivity index (χ1n) is 10.2. The van der Waals surface area contributed by atoms with Crippen LogP contribution in [0, 0.1) is 0 Å². The molecule has 154 valence electrons. The van der Waals surface area contributed by atoms with Crippen LogP contribution in [0.15, 0.2) is 54.9 Å². The lowest BCUT2D eigenvalue weighted by atomic mass is 10.1. The molecule has 1 amide bonds. The molecule has 2 N–H and O–H groups in total. The zero-order valence-corrected chi connectivity index (χ0v) is 17.3. The van der Waals surface area contributed by atoms with Crippen molar-refractivity contribution in [2.24, 2.45) is 0 Å². The Morgan fingerprint density at radius 1 is 1.17 bits per heavy atom. The zero-order chi connectivity index (χ0) is 20.1. The molecule has 0 radical (unpaired) electrons. The molecule has 6 nitrogen and oxygen atoms in total. The molecule has 3 heterocycles. The van der Waals surface area contributed by atoms with Crippen molar-refractivity contribution in [3.63, 3.8) is 0 Å². The van der Waals surface area contributed by atoms with E-state index in [2.05, 4.69) is 15.2 Å². The largest absolute Gasteiger partial charge is 0.388 e. The number of amides is 1. The van der Waals surface area contributed by atoms with Crippen molar-refractivity contribution in [2.75, 3.05) is 38.5 Å². The third kappa shape index (κ3) is 5.17.